The maximum Gasteiger partial charge on any atom is 0.261 e. The van der Waals surface area contributed by atoms with Crippen LogP contribution in [0.25, 0.3) is 0 Å². The number of hydrogen-bond donors (Lipinski definition) is 2. The molecule has 0 saturated carbocycles. The standard InChI is InChI=1S/C14H24N2OS/c1-4-6-12-11(5-2)9-13(18-12)14(17)16-8-7-10(3)15/h9-10H,4-8,15H2,1-3H3,(H,16,17). The topological polar surface area (TPSA) is 55.1 Å². The molecule has 1 aromatic rings. The molecule has 1 unspecified atom stereocenters. The van der Waals surface area contributed by atoms with Crippen LogP contribution in [-0.4, -0.2) is 18.5 Å². The van der Waals surface area contributed by atoms with E-state index in [9.17, 15) is 4.79 Å². The fourth-order valence-electron chi connectivity index (χ4n) is 1.82. The van der Waals surface area contributed by atoms with E-state index < -0.39 is 0 Å². The van der Waals surface area contributed by atoms with E-state index in [0.29, 0.717) is 6.54 Å². The van der Waals surface area contributed by atoms with E-state index in [1.165, 1.54) is 10.4 Å². The minimum atomic E-state index is 0.0395. The van der Waals surface area contributed by atoms with E-state index in [4.69, 9.17) is 5.73 Å². The number of amides is 1. The number of carbonyl (C=O) groups is 1. The average molecular weight is 268 g/mol. The quantitative estimate of drug-likeness (QED) is 0.799. The van der Waals surface area contributed by atoms with Gasteiger partial charge in [-0.3, -0.25) is 4.79 Å². The molecule has 0 aliphatic heterocycles. The summed E-state index contributed by atoms with van der Waals surface area (Å²) in [6, 6.07) is 2.17. The smallest absolute Gasteiger partial charge is 0.261 e. The zero-order valence-electron chi connectivity index (χ0n) is 11.6. The highest BCUT2D eigenvalue weighted by Gasteiger charge is 2.12. The van der Waals surface area contributed by atoms with Gasteiger partial charge in [0.25, 0.3) is 5.91 Å². The van der Waals surface area contributed by atoms with Crippen LogP contribution in [0.1, 0.15) is 53.7 Å². The van der Waals surface area contributed by atoms with Crippen molar-refractivity contribution in [1.82, 2.24) is 5.32 Å². The van der Waals surface area contributed by atoms with Crippen LogP contribution < -0.4 is 11.1 Å². The summed E-state index contributed by atoms with van der Waals surface area (Å²) in [5.74, 6) is 0.0395. The van der Waals surface area contributed by atoms with Crippen LogP contribution in [0, 0.1) is 0 Å². The van der Waals surface area contributed by atoms with Crippen molar-refractivity contribution in [3.05, 3.63) is 21.4 Å². The third kappa shape index (κ3) is 4.42. The lowest BCUT2D eigenvalue weighted by Crippen LogP contribution is -2.28. The second-order valence-corrected chi connectivity index (χ2v) is 5.82. The number of aryl methyl sites for hydroxylation is 2. The normalized spacial score (nSPS) is 12.4. The van der Waals surface area contributed by atoms with E-state index >= 15 is 0 Å². The molecule has 0 fully saturated rings. The van der Waals surface area contributed by atoms with Gasteiger partial charge in [0.15, 0.2) is 0 Å². The second kappa shape index (κ2) is 7.54. The molecule has 1 atom stereocenters. The molecule has 1 amide bonds. The van der Waals surface area contributed by atoms with Gasteiger partial charge in [0.1, 0.15) is 0 Å². The number of rotatable bonds is 7. The van der Waals surface area contributed by atoms with Gasteiger partial charge >= 0.3 is 0 Å². The maximum atomic E-state index is 12.0. The Morgan fingerprint density at radius 1 is 1.50 bits per heavy atom. The summed E-state index contributed by atoms with van der Waals surface area (Å²) >= 11 is 1.63. The maximum absolute atomic E-state index is 12.0. The Labute approximate surface area is 114 Å². The Balaban J connectivity index is 2.62. The van der Waals surface area contributed by atoms with E-state index in [2.05, 4.69) is 19.2 Å². The van der Waals surface area contributed by atoms with Crippen molar-refractivity contribution >= 4 is 17.2 Å². The summed E-state index contributed by atoms with van der Waals surface area (Å²) in [4.78, 5) is 14.2. The summed E-state index contributed by atoms with van der Waals surface area (Å²) in [7, 11) is 0. The van der Waals surface area contributed by atoms with Gasteiger partial charge in [-0.15, -0.1) is 11.3 Å². The lowest BCUT2D eigenvalue weighted by Gasteiger charge is -2.05. The Hall–Kier alpha value is -0.870. The van der Waals surface area contributed by atoms with Gasteiger partial charge in [-0.05, 0) is 37.8 Å². The number of carbonyl (C=O) groups excluding carboxylic acids is 1. The minimum Gasteiger partial charge on any atom is -0.351 e. The molecule has 0 saturated heterocycles. The molecule has 102 valence electrons. The summed E-state index contributed by atoms with van der Waals surface area (Å²) in [6.45, 7) is 6.91. The van der Waals surface area contributed by atoms with Crippen molar-refractivity contribution in [1.29, 1.82) is 0 Å². The van der Waals surface area contributed by atoms with Crippen LogP contribution in [0.4, 0.5) is 0 Å². The largest absolute Gasteiger partial charge is 0.351 e. The van der Waals surface area contributed by atoms with Crippen molar-refractivity contribution in [3.8, 4) is 0 Å². The highest BCUT2D eigenvalue weighted by molar-refractivity contribution is 7.14. The SMILES string of the molecule is CCCc1sc(C(=O)NCCC(C)N)cc1CC. The van der Waals surface area contributed by atoms with Gasteiger partial charge in [-0.25, -0.2) is 0 Å². The van der Waals surface area contributed by atoms with Crippen LogP contribution in [0.5, 0.6) is 0 Å². The zero-order valence-corrected chi connectivity index (χ0v) is 12.4. The highest BCUT2D eigenvalue weighted by Crippen LogP contribution is 2.24. The van der Waals surface area contributed by atoms with Crippen LogP contribution >= 0.6 is 11.3 Å². The first-order chi connectivity index (χ1) is 8.58. The Bertz CT molecular complexity index is 385. The molecule has 1 rings (SSSR count). The van der Waals surface area contributed by atoms with Crippen molar-refractivity contribution in [2.24, 2.45) is 5.73 Å². The lowest BCUT2D eigenvalue weighted by molar-refractivity contribution is 0.0957. The Kier molecular flexibility index (Phi) is 6.36. The molecule has 0 spiro atoms. The molecule has 4 heteroatoms. The molecule has 0 aliphatic carbocycles. The van der Waals surface area contributed by atoms with Crippen LogP contribution in [0.2, 0.25) is 0 Å². The number of thiophene rings is 1. The molecular formula is C14H24N2OS. The predicted molar refractivity (Wildman–Crippen MR) is 78.3 cm³/mol. The third-order valence-corrected chi connectivity index (χ3v) is 4.10. The Morgan fingerprint density at radius 3 is 2.78 bits per heavy atom. The van der Waals surface area contributed by atoms with Crippen LogP contribution in [-0.2, 0) is 12.8 Å². The molecule has 3 nitrogen and oxygen atoms in total. The first-order valence-electron chi connectivity index (χ1n) is 6.73. The van der Waals surface area contributed by atoms with Gasteiger partial charge in [-0.2, -0.15) is 0 Å². The van der Waals surface area contributed by atoms with E-state index in [1.807, 2.05) is 13.0 Å². The molecule has 0 bridgehead atoms. The lowest BCUT2D eigenvalue weighted by atomic mass is 10.1. The molecule has 1 aromatic heterocycles. The second-order valence-electron chi connectivity index (χ2n) is 4.68. The highest BCUT2D eigenvalue weighted by atomic mass is 32.1. The first-order valence-corrected chi connectivity index (χ1v) is 7.55. The van der Waals surface area contributed by atoms with Crippen molar-refractivity contribution in [3.63, 3.8) is 0 Å². The first kappa shape index (κ1) is 15.2. The van der Waals surface area contributed by atoms with Crippen molar-refractivity contribution in [2.45, 2.75) is 52.5 Å². The fourth-order valence-corrected chi connectivity index (χ4v) is 3.09. The summed E-state index contributed by atoms with van der Waals surface area (Å²) in [5, 5.41) is 2.93. The molecular weight excluding hydrogens is 244 g/mol. The van der Waals surface area contributed by atoms with Crippen LogP contribution in [0.15, 0.2) is 6.07 Å². The summed E-state index contributed by atoms with van der Waals surface area (Å²) in [6.07, 6.45) is 4.01. The van der Waals surface area contributed by atoms with Gasteiger partial charge in [0.05, 0.1) is 4.88 Å². The van der Waals surface area contributed by atoms with Gasteiger partial charge < -0.3 is 11.1 Å². The zero-order chi connectivity index (χ0) is 13.5. The van der Waals surface area contributed by atoms with E-state index in [-0.39, 0.29) is 11.9 Å². The van der Waals surface area contributed by atoms with Gasteiger partial charge in [0, 0.05) is 17.5 Å². The van der Waals surface area contributed by atoms with Crippen LogP contribution in [0.3, 0.4) is 0 Å². The average Bonchev–Trinajstić information content (AvgIpc) is 2.72. The summed E-state index contributed by atoms with van der Waals surface area (Å²) < 4.78 is 0. The Morgan fingerprint density at radius 2 is 2.22 bits per heavy atom. The predicted octanol–water partition coefficient (Wildman–Crippen LogP) is 2.73. The molecule has 0 radical (unpaired) electrons. The van der Waals surface area contributed by atoms with Crippen molar-refractivity contribution < 1.29 is 4.79 Å². The van der Waals surface area contributed by atoms with Gasteiger partial charge in [0.2, 0.25) is 0 Å². The van der Waals surface area contributed by atoms with Crippen molar-refractivity contribution in [2.75, 3.05) is 6.54 Å². The van der Waals surface area contributed by atoms with E-state index in [1.54, 1.807) is 11.3 Å². The van der Waals surface area contributed by atoms with Gasteiger partial charge in [-0.1, -0.05) is 20.3 Å². The molecule has 0 aliphatic rings. The molecule has 0 aromatic carbocycles. The third-order valence-electron chi connectivity index (χ3n) is 2.86. The fraction of sp³-hybridized carbons (Fsp3) is 0.643. The summed E-state index contributed by atoms with van der Waals surface area (Å²) in [5.41, 5.74) is 6.98. The number of nitrogens with two attached hydrogens (primary N) is 1. The molecule has 1 heterocycles. The minimum absolute atomic E-state index is 0.0395. The number of hydrogen-bond acceptors (Lipinski definition) is 3. The van der Waals surface area contributed by atoms with E-state index in [0.717, 1.165) is 30.6 Å². The molecule has 3 N–H and O–H groups in total. The molecule has 18 heavy (non-hydrogen) atoms. The number of nitrogens with one attached hydrogen (secondary N) is 1. The monoisotopic (exact) mass is 268 g/mol.